The van der Waals surface area contributed by atoms with Crippen LogP contribution in [-0.4, -0.2) is 35.1 Å². The predicted molar refractivity (Wildman–Crippen MR) is 67.5 cm³/mol. The van der Waals surface area contributed by atoms with Crippen LogP contribution in [0.15, 0.2) is 18.3 Å². The van der Waals surface area contributed by atoms with Gasteiger partial charge in [0.1, 0.15) is 11.7 Å². The van der Waals surface area contributed by atoms with Gasteiger partial charge in [0.2, 0.25) is 5.88 Å². The topological polar surface area (TPSA) is 25.4 Å². The zero-order chi connectivity index (χ0) is 14.3. The lowest BCUT2D eigenvalue weighted by molar-refractivity contribution is -0.139. The molecule has 20 heavy (non-hydrogen) atoms. The number of hydrogen-bond acceptors (Lipinski definition) is 3. The fourth-order valence-electron chi connectivity index (χ4n) is 3.32. The summed E-state index contributed by atoms with van der Waals surface area (Å²) < 4.78 is 44.3. The zero-order valence-corrected chi connectivity index (χ0v) is 11.2. The van der Waals surface area contributed by atoms with E-state index in [0.29, 0.717) is 12.1 Å². The Morgan fingerprint density at radius 2 is 1.90 bits per heavy atom. The third-order valence-electron chi connectivity index (χ3n) is 4.41. The Morgan fingerprint density at radius 3 is 2.50 bits per heavy atom. The van der Waals surface area contributed by atoms with Crippen LogP contribution in [0.4, 0.5) is 13.2 Å². The van der Waals surface area contributed by atoms with E-state index in [4.69, 9.17) is 4.74 Å². The molecule has 2 unspecified atom stereocenters. The summed E-state index contributed by atoms with van der Waals surface area (Å²) in [6.07, 6.45) is 0.522. The SMILES string of the molecule is CN1C2CCC1CC(Oc1ncccc1C(F)(F)F)C2. The van der Waals surface area contributed by atoms with Crippen molar-refractivity contribution >= 4 is 0 Å². The number of aromatic nitrogens is 1. The van der Waals surface area contributed by atoms with E-state index >= 15 is 0 Å². The maximum absolute atomic E-state index is 12.9. The first-order chi connectivity index (χ1) is 9.45. The highest BCUT2D eigenvalue weighted by Gasteiger charge is 2.41. The molecule has 3 rings (SSSR count). The molecule has 0 aliphatic carbocycles. The van der Waals surface area contributed by atoms with E-state index in [1.54, 1.807) is 0 Å². The van der Waals surface area contributed by atoms with Gasteiger partial charge in [-0.05, 0) is 44.9 Å². The third kappa shape index (κ3) is 2.49. The van der Waals surface area contributed by atoms with E-state index < -0.39 is 11.7 Å². The third-order valence-corrected chi connectivity index (χ3v) is 4.41. The summed E-state index contributed by atoms with van der Waals surface area (Å²) in [5, 5.41) is 0. The summed E-state index contributed by atoms with van der Waals surface area (Å²) in [6.45, 7) is 0. The van der Waals surface area contributed by atoms with Crippen LogP contribution in [0, 0.1) is 0 Å². The van der Waals surface area contributed by atoms with Crippen molar-refractivity contribution in [2.75, 3.05) is 7.05 Å². The molecule has 2 bridgehead atoms. The van der Waals surface area contributed by atoms with E-state index in [1.807, 2.05) is 0 Å². The quantitative estimate of drug-likeness (QED) is 0.835. The number of pyridine rings is 1. The molecule has 0 radical (unpaired) electrons. The van der Waals surface area contributed by atoms with Gasteiger partial charge in [-0.2, -0.15) is 13.2 Å². The average molecular weight is 286 g/mol. The normalized spacial score (nSPS) is 30.5. The van der Waals surface area contributed by atoms with E-state index in [2.05, 4.69) is 16.9 Å². The van der Waals surface area contributed by atoms with Gasteiger partial charge in [0.25, 0.3) is 0 Å². The predicted octanol–water partition coefficient (Wildman–Crippen LogP) is 3.10. The zero-order valence-electron chi connectivity index (χ0n) is 11.2. The Labute approximate surface area is 115 Å². The van der Waals surface area contributed by atoms with Crippen LogP contribution in [0.5, 0.6) is 5.88 Å². The Hall–Kier alpha value is -1.30. The molecule has 1 aromatic rings. The Balaban J connectivity index is 1.76. The molecular formula is C14H17F3N2O. The average Bonchev–Trinajstić information content (AvgIpc) is 2.62. The summed E-state index contributed by atoms with van der Waals surface area (Å²) in [7, 11) is 2.08. The molecule has 0 amide bonds. The van der Waals surface area contributed by atoms with Crippen molar-refractivity contribution in [2.45, 2.75) is 50.0 Å². The number of piperidine rings is 1. The Kier molecular flexibility index (Phi) is 3.36. The minimum Gasteiger partial charge on any atom is -0.474 e. The highest BCUT2D eigenvalue weighted by atomic mass is 19.4. The van der Waals surface area contributed by atoms with E-state index in [1.165, 1.54) is 12.3 Å². The van der Waals surface area contributed by atoms with E-state index in [0.717, 1.165) is 31.7 Å². The van der Waals surface area contributed by atoms with Crippen molar-refractivity contribution in [1.29, 1.82) is 0 Å². The monoisotopic (exact) mass is 286 g/mol. The molecule has 3 heterocycles. The van der Waals surface area contributed by atoms with Gasteiger partial charge < -0.3 is 9.64 Å². The molecule has 2 fully saturated rings. The Bertz CT molecular complexity index is 478. The van der Waals surface area contributed by atoms with Crippen LogP contribution >= 0.6 is 0 Å². The van der Waals surface area contributed by atoms with Gasteiger partial charge in [0, 0.05) is 18.3 Å². The maximum atomic E-state index is 12.9. The summed E-state index contributed by atoms with van der Waals surface area (Å²) in [6, 6.07) is 3.16. The van der Waals surface area contributed by atoms with Crippen LogP contribution < -0.4 is 4.74 Å². The number of rotatable bonds is 2. The highest BCUT2D eigenvalue weighted by Crippen LogP contribution is 2.39. The largest absolute Gasteiger partial charge is 0.474 e. The summed E-state index contributed by atoms with van der Waals surface area (Å²) in [4.78, 5) is 6.10. The van der Waals surface area contributed by atoms with Crippen molar-refractivity contribution in [2.24, 2.45) is 0 Å². The fraction of sp³-hybridized carbons (Fsp3) is 0.643. The Morgan fingerprint density at radius 1 is 1.25 bits per heavy atom. The molecule has 2 aliphatic rings. The van der Waals surface area contributed by atoms with Gasteiger partial charge in [-0.15, -0.1) is 0 Å². The van der Waals surface area contributed by atoms with Gasteiger partial charge in [-0.3, -0.25) is 0 Å². The number of hydrogen-bond donors (Lipinski definition) is 0. The minimum absolute atomic E-state index is 0.167. The number of fused-ring (bicyclic) bond motifs is 2. The summed E-state index contributed by atoms with van der Waals surface area (Å²) in [5.74, 6) is -0.283. The van der Waals surface area contributed by atoms with Crippen LogP contribution in [0.3, 0.4) is 0 Å². The van der Waals surface area contributed by atoms with Crippen LogP contribution in [0.2, 0.25) is 0 Å². The molecule has 0 aromatic carbocycles. The van der Waals surface area contributed by atoms with Crippen molar-refractivity contribution in [3.05, 3.63) is 23.9 Å². The summed E-state index contributed by atoms with van der Waals surface area (Å²) in [5.41, 5.74) is -0.786. The lowest BCUT2D eigenvalue weighted by atomic mass is 10.0. The molecule has 2 aliphatic heterocycles. The number of ether oxygens (including phenoxy) is 1. The minimum atomic E-state index is -4.42. The lowest BCUT2D eigenvalue weighted by Crippen LogP contribution is -2.44. The number of alkyl halides is 3. The van der Waals surface area contributed by atoms with Crippen LogP contribution in [0.25, 0.3) is 0 Å². The van der Waals surface area contributed by atoms with E-state index in [9.17, 15) is 13.2 Å². The molecule has 2 saturated heterocycles. The number of nitrogens with zero attached hydrogens (tertiary/aromatic N) is 2. The first kappa shape index (κ1) is 13.7. The molecule has 3 nitrogen and oxygen atoms in total. The molecule has 0 spiro atoms. The first-order valence-corrected chi connectivity index (χ1v) is 6.86. The molecule has 0 N–H and O–H groups in total. The molecular weight excluding hydrogens is 269 g/mol. The van der Waals surface area contributed by atoms with Gasteiger partial charge >= 0.3 is 6.18 Å². The van der Waals surface area contributed by atoms with Gasteiger partial charge in [0.05, 0.1) is 0 Å². The van der Waals surface area contributed by atoms with Gasteiger partial charge in [-0.1, -0.05) is 0 Å². The number of halogens is 3. The van der Waals surface area contributed by atoms with Crippen LogP contribution in [0.1, 0.15) is 31.2 Å². The second-order valence-corrected chi connectivity index (χ2v) is 5.62. The standard InChI is InChI=1S/C14H17F3N2O/c1-19-9-4-5-10(19)8-11(7-9)20-13-12(14(15,16)17)3-2-6-18-13/h2-3,6,9-11H,4-5,7-8H2,1H3. The van der Waals surface area contributed by atoms with Crippen LogP contribution in [-0.2, 0) is 6.18 Å². The first-order valence-electron chi connectivity index (χ1n) is 6.86. The molecule has 6 heteroatoms. The van der Waals surface area contributed by atoms with Gasteiger partial charge in [0.15, 0.2) is 0 Å². The van der Waals surface area contributed by atoms with Crippen molar-refractivity contribution in [1.82, 2.24) is 9.88 Å². The fourth-order valence-corrected chi connectivity index (χ4v) is 3.32. The van der Waals surface area contributed by atoms with Crippen molar-refractivity contribution in [3.63, 3.8) is 0 Å². The molecule has 110 valence electrons. The maximum Gasteiger partial charge on any atom is 0.421 e. The van der Waals surface area contributed by atoms with Crippen molar-refractivity contribution in [3.8, 4) is 5.88 Å². The highest BCUT2D eigenvalue weighted by molar-refractivity contribution is 5.28. The smallest absolute Gasteiger partial charge is 0.421 e. The lowest BCUT2D eigenvalue weighted by Gasteiger charge is -2.36. The second kappa shape index (κ2) is 4.91. The van der Waals surface area contributed by atoms with Crippen molar-refractivity contribution < 1.29 is 17.9 Å². The molecule has 2 atom stereocenters. The summed E-state index contributed by atoms with van der Waals surface area (Å²) >= 11 is 0. The van der Waals surface area contributed by atoms with E-state index in [-0.39, 0.29) is 12.0 Å². The second-order valence-electron chi connectivity index (χ2n) is 5.62. The molecule has 1 aromatic heterocycles. The van der Waals surface area contributed by atoms with Gasteiger partial charge in [-0.25, -0.2) is 4.98 Å². The molecule has 0 saturated carbocycles.